The molecule has 1 aliphatic heterocycles. The molecule has 1 aromatic carbocycles. The third-order valence-corrected chi connectivity index (χ3v) is 3.69. The molecule has 1 aromatic heterocycles. The maximum atomic E-state index is 5.46. The first-order valence-corrected chi connectivity index (χ1v) is 7.48. The van der Waals surface area contributed by atoms with Crippen molar-refractivity contribution in [1.82, 2.24) is 15.4 Å². The van der Waals surface area contributed by atoms with Crippen LogP contribution in [0.2, 0.25) is 0 Å². The summed E-state index contributed by atoms with van der Waals surface area (Å²) in [6, 6.07) is 10.7. The van der Waals surface area contributed by atoms with E-state index in [9.17, 15) is 0 Å². The standard InChI is InChI=1S/C17H23N3O/c1-17(2,3)18-9-15-8-16(21-19-15)12-20-10-13-6-4-5-7-14(13)11-20/h4-8,18H,9-12H2,1-3H3. The lowest BCUT2D eigenvalue weighted by molar-refractivity contribution is 0.235. The average Bonchev–Trinajstić information content (AvgIpc) is 3.01. The van der Waals surface area contributed by atoms with Gasteiger partial charge in [-0.05, 0) is 31.9 Å². The molecule has 0 fully saturated rings. The van der Waals surface area contributed by atoms with E-state index >= 15 is 0 Å². The number of nitrogens with zero attached hydrogens (tertiary/aromatic N) is 2. The Balaban J connectivity index is 1.56. The van der Waals surface area contributed by atoms with Gasteiger partial charge in [-0.1, -0.05) is 29.4 Å². The fourth-order valence-electron chi connectivity index (χ4n) is 2.61. The summed E-state index contributed by atoms with van der Waals surface area (Å²) < 4.78 is 5.46. The van der Waals surface area contributed by atoms with E-state index in [1.54, 1.807) is 0 Å². The zero-order chi connectivity index (χ0) is 14.9. The van der Waals surface area contributed by atoms with Gasteiger partial charge < -0.3 is 9.84 Å². The minimum Gasteiger partial charge on any atom is -0.360 e. The summed E-state index contributed by atoms with van der Waals surface area (Å²) in [6.07, 6.45) is 0. The largest absolute Gasteiger partial charge is 0.360 e. The number of rotatable bonds is 4. The molecule has 4 nitrogen and oxygen atoms in total. The molecule has 1 aliphatic rings. The lowest BCUT2D eigenvalue weighted by atomic mass is 10.1. The molecule has 2 aromatic rings. The highest BCUT2D eigenvalue weighted by atomic mass is 16.5. The first-order chi connectivity index (χ1) is 9.99. The minimum atomic E-state index is 0.0930. The van der Waals surface area contributed by atoms with Gasteiger partial charge in [-0.2, -0.15) is 0 Å². The second kappa shape index (κ2) is 5.62. The van der Waals surface area contributed by atoms with Crippen LogP contribution in [0.3, 0.4) is 0 Å². The van der Waals surface area contributed by atoms with E-state index < -0.39 is 0 Å². The minimum absolute atomic E-state index is 0.0930. The third kappa shape index (κ3) is 3.71. The van der Waals surface area contributed by atoms with Crippen LogP contribution in [-0.4, -0.2) is 15.6 Å². The Kier molecular flexibility index (Phi) is 3.83. The van der Waals surface area contributed by atoms with Crippen molar-refractivity contribution >= 4 is 0 Å². The van der Waals surface area contributed by atoms with Gasteiger partial charge in [0.2, 0.25) is 0 Å². The van der Waals surface area contributed by atoms with Crippen LogP contribution in [0.1, 0.15) is 43.4 Å². The van der Waals surface area contributed by atoms with E-state index in [0.717, 1.165) is 37.6 Å². The molecule has 0 saturated heterocycles. The summed E-state index contributed by atoms with van der Waals surface area (Å²) >= 11 is 0. The summed E-state index contributed by atoms with van der Waals surface area (Å²) in [5.41, 5.74) is 3.91. The SMILES string of the molecule is CC(C)(C)NCc1cc(CN2Cc3ccccc3C2)on1. The monoisotopic (exact) mass is 285 g/mol. The molecule has 0 unspecified atom stereocenters. The number of hydrogen-bond donors (Lipinski definition) is 1. The zero-order valence-electron chi connectivity index (χ0n) is 13.0. The molecule has 2 heterocycles. The van der Waals surface area contributed by atoms with Crippen LogP contribution in [0.25, 0.3) is 0 Å². The molecule has 0 saturated carbocycles. The van der Waals surface area contributed by atoms with Crippen LogP contribution in [0.15, 0.2) is 34.9 Å². The molecule has 0 amide bonds. The normalized spacial score (nSPS) is 15.4. The molecule has 3 rings (SSSR count). The van der Waals surface area contributed by atoms with Crippen molar-refractivity contribution in [2.75, 3.05) is 0 Å². The molecule has 0 spiro atoms. The Morgan fingerprint density at radius 1 is 1.19 bits per heavy atom. The Bertz CT molecular complexity index is 587. The highest BCUT2D eigenvalue weighted by molar-refractivity contribution is 5.30. The summed E-state index contributed by atoms with van der Waals surface area (Å²) in [5.74, 6) is 0.938. The van der Waals surface area contributed by atoms with Crippen LogP contribution >= 0.6 is 0 Å². The molecular formula is C17H23N3O. The van der Waals surface area contributed by atoms with Crippen LogP contribution < -0.4 is 5.32 Å². The van der Waals surface area contributed by atoms with Crippen LogP contribution in [0, 0.1) is 0 Å². The van der Waals surface area contributed by atoms with Crippen molar-refractivity contribution in [3.63, 3.8) is 0 Å². The molecule has 0 aliphatic carbocycles. The Hall–Kier alpha value is -1.65. The van der Waals surface area contributed by atoms with E-state index in [1.165, 1.54) is 11.1 Å². The topological polar surface area (TPSA) is 41.3 Å². The quantitative estimate of drug-likeness (QED) is 0.937. The third-order valence-electron chi connectivity index (χ3n) is 3.69. The molecule has 0 bridgehead atoms. The second-order valence-corrected chi connectivity index (χ2v) is 6.80. The summed E-state index contributed by atoms with van der Waals surface area (Å²) in [7, 11) is 0. The van der Waals surface area contributed by atoms with Gasteiger partial charge in [-0.15, -0.1) is 0 Å². The van der Waals surface area contributed by atoms with Crippen LogP contribution in [-0.2, 0) is 26.2 Å². The molecule has 0 radical (unpaired) electrons. The van der Waals surface area contributed by atoms with Gasteiger partial charge in [0.1, 0.15) is 0 Å². The van der Waals surface area contributed by atoms with E-state index in [-0.39, 0.29) is 5.54 Å². The van der Waals surface area contributed by atoms with Gasteiger partial charge in [-0.3, -0.25) is 4.90 Å². The first kappa shape index (κ1) is 14.3. The summed E-state index contributed by atoms with van der Waals surface area (Å²) in [4.78, 5) is 2.38. The van der Waals surface area contributed by atoms with Gasteiger partial charge in [0.15, 0.2) is 5.76 Å². The van der Waals surface area contributed by atoms with Gasteiger partial charge in [0.25, 0.3) is 0 Å². The molecule has 112 valence electrons. The van der Waals surface area contributed by atoms with Gasteiger partial charge in [0.05, 0.1) is 12.2 Å². The number of benzene rings is 1. The fraction of sp³-hybridized carbons (Fsp3) is 0.471. The second-order valence-electron chi connectivity index (χ2n) is 6.80. The smallest absolute Gasteiger partial charge is 0.151 e. The average molecular weight is 285 g/mol. The highest BCUT2D eigenvalue weighted by Gasteiger charge is 2.20. The highest BCUT2D eigenvalue weighted by Crippen LogP contribution is 2.24. The van der Waals surface area contributed by atoms with E-state index in [1.807, 2.05) is 0 Å². The number of hydrogen-bond acceptors (Lipinski definition) is 4. The maximum Gasteiger partial charge on any atom is 0.151 e. The van der Waals surface area contributed by atoms with E-state index in [4.69, 9.17) is 4.52 Å². The summed E-state index contributed by atoms with van der Waals surface area (Å²) in [6.45, 7) is 9.99. The number of fused-ring (bicyclic) bond motifs is 1. The van der Waals surface area contributed by atoms with Gasteiger partial charge in [-0.25, -0.2) is 0 Å². The van der Waals surface area contributed by atoms with Crippen molar-refractivity contribution in [2.24, 2.45) is 0 Å². The van der Waals surface area contributed by atoms with E-state index in [0.29, 0.717) is 0 Å². The van der Waals surface area contributed by atoms with Gasteiger partial charge >= 0.3 is 0 Å². The Morgan fingerprint density at radius 3 is 2.48 bits per heavy atom. The molecule has 4 heteroatoms. The lowest BCUT2D eigenvalue weighted by Crippen LogP contribution is -2.35. The fourth-order valence-corrected chi connectivity index (χ4v) is 2.61. The van der Waals surface area contributed by atoms with Crippen molar-refractivity contribution in [3.8, 4) is 0 Å². The van der Waals surface area contributed by atoms with Crippen molar-refractivity contribution in [3.05, 3.63) is 52.9 Å². The Labute approximate surface area is 126 Å². The number of nitrogens with one attached hydrogen (secondary N) is 1. The van der Waals surface area contributed by atoms with E-state index in [2.05, 4.69) is 66.5 Å². The molecule has 0 atom stereocenters. The zero-order valence-corrected chi connectivity index (χ0v) is 13.0. The van der Waals surface area contributed by atoms with Crippen molar-refractivity contribution in [2.45, 2.75) is 52.5 Å². The van der Waals surface area contributed by atoms with Gasteiger partial charge in [0, 0.05) is 31.2 Å². The van der Waals surface area contributed by atoms with Crippen molar-refractivity contribution < 1.29 is 4.52 Å². The predicted octanol–water partition coefficient (Wildman–Crippen LogP) is 3.08. The van der Waals surface area contributed by atoms with Crippen LogP contribution in [0.5, 0.6) is 0 Å². The molecule has 1 N–H and O–H groups in total. The lowest BCUT2D eigenvalue weighted by Gasteiger charge is -2.19. The molecule has 21 heavy (non-hydrogen) atoms. The first-order valence-electron chi connectivity index (χ1n) is 7.48. The van der Waals surface area contributed by atoms with Crippen molar-refractivity contribution in [1.29, 1.82) is 0 Å². The maximum absolute atomic E-state index is 5.46. The van der Waals surface area contributed by atoms with Crippen LogP contribution in [0.4, 0.5) is 0 Å². The predicted molar refractivity (Wildman–Crippen MR) is 82.5 cm³/mol. The Morgan fingerprint density at radius 2 is 1.86 bits per heavy atom. The molecular weight excluding hydrogens is 262 g/mol. The summed E-state index contributed by atoms with van der Waals surface area (Å²) in [5, 5.41) is 7.57. The number of aromatic nitrogens is 1.